The molecule has 0 aliphatic carbocycles. The van der Waals surface area contributed by atoms with E-state index in [1.807, 2.05) is 6.92 Å². The van der Waals surface area contributed by atoms with Gasteiger partial charge in [-0.15, -0.1) is 6.42 Å². The average molecular weight is 315 g/mol. The molecule has 0 fully saturated rings. The van der Waals surface area contributed by atoms with Crippen LogP contribution in [0.5, 0.6) is 5.75 Å². The van der Waals surface area contributed by atoms with Gasteiger partial charge in [0.1, 0.15) is 5.75 Å². The summed E-state index contributed by atoms with van der Waals surface area (Å²) in [5.74, 6) is 2.83. The maximum absolute atomic E-state index is 12.4. The largest absolute Gasteiger partial charge is 0.476 e. The number of hydrogen-bond donors (Lipinski definition) is 1. The van der Waals surface area contributed by atoms with Crippen LogP contribution in [0.4, 0.5) is 5.69 Å². The molecular weight excluding hydrogens is 298 g/mol. The molecule has 1 unspecified atom stereocenters. The first kappa shape index (κ1) is 15.9. The van der Waals surface area contributed by atoms with Gasteiger partial charge in [0, 0.05) is 0 Å². The van der Waals surface area contributed by atoms with E-state index in [4.69, 9.17) is 11.2 Å². The van der Waals surface area contributed by atoms with E-state index < -0.39 is 16.1 Å². The van der Waals surface area contributed by atoms with Crippen LogP contribution in [0.15, 0.2) is 53.4 Å². The predicted molar refractivity (Wildman–Crippen MR) is 87.4 cm³/mol. The van der Waals surface area contributed by atoms with E-state index in [1.165, 1.54) is 0 Å². The molecule has 114 valence electrons. The number of aryl methyl sites for hydroxylation is 1. The van der Waals surface area contributed by atoms with Gasteiger partial charge in [0.05, 0.1) is 10.6 Å². The smallest absolute Gasteiger partial charge is 0.262 e. The summed E-state index contributed by atoms with van der Waals surface area (Å²) in [6, 6.07) is 13.4. The molecule has 0 heterocycles. The molecule has 5 heteroatoms. The Bertz CT molecular complexity index is 789. The maximum Gasteiger partial charge on any atom is 0.262 e. The Morgan fingerprint density at radius 1 is 1.14 bits per heavy atom. The average Bonchev–Trinajstić information content (AvgIpc) is 2.49. The van der Waals surface area contributed by atoms with E-state index in [1.54, 1.807) is 55.5 Å². The molecule has 0 saturated heterocycles. The quantitative estimate of drug-likeness (QED) is 0.862. The number of benzene rings is 2. The standard InChI is InChI=1S/C17H17NO3S/c1-4-14(3)21-17-8-6-5-7-16(17)18-22(19,20)15-11-9-13(2)10-12-15/h1,5-12,14,18H,2-3H3. The number of hydrogen-bond acceptors (Lipinski definition) is 3. The molecule has 2 rings (SSSR count). The highest BCUT2D eigenvalue weighted by molar-refractivity contribution is 7.92. The van der Waals surface area contributed by atoms with Crippen molar-refractivity contribution >= 4 is 15.7 Å². The highest BCUT2D eigenvalue weighted by Crippen LogP contribution is 2.27. The zero-order chi connectivity index (χ0) is 16.2. The Labute approximate surface area is 131 Å². The van der Waals surface area contributed by atoms with E-state index in [9.17, 15) is 8.42 Å². The molecule has 4 nitrogen and oxygen atoms in total. The minimum Gasteiger partial charge on any atom is -0.476 e. The lowest BCUT2D eigenvalue weighted by atomic mass is 10.2. The van der Waals surface area contributed by atoms with Crippen molar-refractivity contribution in [3.63, 3.8) is 0 Å². The Morgan fingerprint density at radius 3 is 2.41 bits per heavy atom. The minimum atomic E-state index is -3.68. The number of anilines is 1. The molecular formula is C17H17NO3S. The van der Waals surface area contributed by atoms with E-state index in [0.717, 1.165) is 5.56 Å². The lowest BCUT2D eigenvalue weighted by molar-refractivity contribution is 0.280. The number of terminal acetylenes is 1. The first-order valence-corrected chi connectivity index (χ1v) is 8.22. The number of para-hydroxylation sites is 2. The van der Waals surface area contributed by atoms with Gasteiger partial charge in [0.25, 0.3) is 10.0 Å². The monoisotopic (exact) mass is 315 g/mol. The second-order valence-corrected chi connectivity index (χ2v) is 6.52. The summed E-state index contributed by atoms with van der Waals surface area (Å²) in [4.78, 5) is 0.193. The number of nitrogens with one attached hydrogen (secondary N) is 1. The van der Waals surface area contributed by atoms with Gasteiger partial charge in [0.15, 0.2) is 6.10 Å². The molecule has 2 aromatic carbocycles. The van der Waals surface area contributed by atoms with Gasteiger partial charge in [-0.2, -0.15) is 0 Å². The molecule has 0 aliphatic heterocycles. The van der Waals surface area contributed by atoms with Gasteiger partial charge in [-0.25, -0.2) is 8.42 Å². The van der Waals surface area contributed by atoms with Crippen LogP contribution in [-0.2, 0) is 10.0 Å². The molecule has 0 saturated carbocycles. The molecule has 1 N–H and O–H groups in total. The second kappa shape index (κ2) is 6.54. The summed E-state index contributed by atoms with van der Waals surface area (Å²) in [5.41, 5.74) is 1.34. The summed E-state index contributed by atoms with van der Waals surface area (Å²) in [6.45, 7) is 3.61. The van der Waals surface area contributed by atoms with Crippen molar-refractivity contribution in [2.24, 2.45) is 0 Å². The van der Waals surface area contributed by atoms with Gasteiger partial charge < -0.3 is 4.74 Å². The molecule has 2 aromatic rings. The summed E-state index contributed by atoms with van der Waals surface area (Å²) in [7, 11) is -3.68. The zero-order valence-electron chi connectivity index (χ0n) is 12.4. The van der Waals surface area contributed by atoms with E-state index in [-0.39, 0.29) is 4.90 Å². The highest BCUT2D eigenvalue weighted by atomic mass is 32.2. The van der Waals surface area contributed by atoms with Gasteiger partial charge in [-0.3, -0.25) is 4.72 Å². The molecule has 1 atom stereocenters. The molecule has 0 amide bonds. The van der Waals surface area contributed by atoms with Crippen molar-refractivity contribution in [1.29, 1.82) is 0 Å². The van der Waals surface area contributed by atoms with Crippen molar-refractivity contribution in [3.05, 3.63) is 54.1 Å². The van der Waals surface area contributed by atoms with Crippen molar-refractivity contribution in [3.8, 4) is 18.1 Å². The predicted octanol–water partition coefficient (Wildman–Crippen LogP) is 3.20. The van der Waals surface area contributed by atoms with Crippen LogP contribution in [0.25, 0.3) is 0 Å². The summed E-state index contributed by atoms with van der Waals surface area (Å²) in [5, 5.41) is 0. The topological polar surface area (TPSA) is 55.4 Å². The van der Waals surface area contributed by atoms with Crippen molar-refractivity contribution in [2.75, 3.05) is 4.72 Å². The normalized spacial score (nSPS) is 12.2. The van der Waals surface area contributed by atoms with Crippen molar-refractivity contribution in [2.45, 2.75) is 24.8 Å². The fourth-order valence-corrected chi connectivity index (χ4v) is 2.87. The Kier molecular flexibility index (Phi) is 4.74. The van der Waals surface area contributed by atoms with Crippen molar-refractivity contribution < 1.29 is 13.2 Å². The van der Waals surface area contributed by atoms with E-state index in [2.05, 4.69) is 10.6 Å². The van der Waals surface area contributed by atoms with Gasteiger partial charge in [-0.05, 0) is 38.1 Å². The SMILES string of the molecule is C#CC(C)Oc1ccccc1NS(=O)(=O)c1ccc(C)cc1. The summed E-state index contributed by atoms with van der Waals surface area (Å²) < 4.78 is 32.9. The Morgan fingerprint density at radius 2 is 1.77 bits per heavy atom. The first-order valence-electron chi connectivity index (χ1n) is 6.73. The van der Waals surface area contributed by atoms with Crippen LogP contribution < -0.4 is 9.46 Å². The third-order valence-corrected chi connectivity index (χ3v) is 4.38. The molecule has 0 spiro atoms. The third-order valence-electron chi connectivity index (χ3n) is 3.00. The fourth-order valence-electron chi connectivity index (χ4n) is 1.80. The van der Waals surface area contributed by atoms with Crippen LogP contribution in [0, 0.1) is 19.3 Å². The highest BCUT2D eigenvalue weighted by Gasteiger charge is 2.16. The summed E-state index contributed by atoms with van der Waals surface area (Å²) >= 11 is 0. The van der Waals surface area contributed by atoms with Crippen LogP contribution in [0.3, 0.4) is 0 Å². The van der Waals surface area contributed by atoms with Crippen LogP contribution >= 0.6 is 0 Å². The van der Waals surface area contributed by atoms with Gasteiger partial charge >= 0.3 is 0 Å². The third kappa shape index (κ3) is 3.80. The second-order valence-electron chi connectivity index (χ2n) is 4.84. The lowest BCUT2D eigenvalue weighted by Crippen LogP contribution is -2.15. The summed E-state index contributed by atoms with van der Waals surface area (Å²) in [6.07, 6.45) is 4.84. The molecule has 0 aliphatic rings. The molecule has 0 radical (unpaired) electrons. The molecule has 22 heavy (non-hydrogen) atoms. The van der Waals surface area contributed by atoms with E-state index in [0.29, 0.717) is 11.4 Å². The fraction of sp³-hybridized carbons (Fsp3) is 0.176. The number of sulfonamides is 1. The zero-order valence-corrected chi connectivity index (χ0v) is 13.2. The number of ether oxygens (including phenoxy) is 1. The van der Waals surface area contributed by atoms with Crippen LogP contribution in [0.1, 0.15) is 12.5 Å². The Hall–Kier alpha value is -2.45. The van der Waals surface area contributed by atoms with Crippen LogP contribution in [-0.4, -0.2) is 14.5 Å². The lowest BCUT2D eigenvalue weighted by Gasteiger charge is -2.15. The minimum absolute atomic E-state index is 0.193. The molecule has 0 aromatic heterocycles. The number of rotatable bonds is 5. The Balaban J connectivity index is 2.30. The molecule has 0 bridgehead atoms. The maximum atomic E-state index is 12.4. The van der Waals surface area contributed by atoms with E-state index >= 15 is 0 Å². The van der Waals surface area contributed by atoms with Gasteiger partial charge in [0.2, 0.25) is 0 Å². The first-order chi connectivity index (χ1) is 10.4. The van der Waals surface area contributed by atoms with Crippen molar-refractivity contribution in [1.82, 2.24) is 0 Å². The van der Waals surface area contributed by atoms with Crippen LogP contribution in [0.2, 0.25) is 0 Å². The van der Waals surface area contributed by atoms with Gasteiger partial charge in [-0.1, -0.05) is 35.7 Å².